The highest BCUT2D eigenvalue weighted by atomic mass is 16.2. The highest BCUT2D eigenvalue weighted by Gasteiger charge is 2.51. The second-order valence-electron chi connectivity index (χ2n) is 12.6. The molecule has 1 aliphatic rings. The van der Waals surface area contributed by atoms with Crippen molar-refractivity contribution >= 4 is 11.8 Å². The Balaban J connectivity index is 1.47. The molecule has 0 aliphatic carbocycles. The van der Waals surface area contributed by atoms with E-state index in [-0.39, 0.29) is 17.2 Å². The van der Waals surface area contributed by atoms with Gasteiger partial charge >= 0.3 is 0 Å². The Morgan fingerprint density at radius 1 is 0.727 bits per heavy atom. The first-order valence-corrected chi connectivity index (χ1v) is 15.1. The lowest BCUT2D eigenvalue weighted by Crippen LogP contribution is -2.51. The predicted octanol–water partition coefficient (Wildman–Crippen LogP) is 6.62. The number of likely N-dealkylation sites (N-methyl/N-ethyl adjacent to an activating group) is 1. The molecule has 1 fully saturated rings. The van der Waals surface area contributed by atoms with Gasteiger partial charge in [-0.15, -0.1) is 0 Å². The third-order valence-corrected chi connectivity index (χ3v) is 8.63. The van der Waals surface area contributed by atoms with Crippen molar-refractivity contribution < 1.29 is 9.59 Å². The molecule has 44 heavy (non-hydrogen) atoms. The largest absolute Gasteiger partial charge is 0.323 e. The number of nitrogens with zero attached hydrogens (tertiary/aromatic N) is 4. The van der Waals surface area contributed by atoms with E-state index in [1.165, 1.54) is 0 Å². The van der Waals surface area contributed by atoms with Gasteiger partial charge in [-0.05, 0) is 28.8 Å². The van der Waals surface area contributed by atoms with Gasteiger partial charge in [0.15, 0.2) is 0 Å². The summed E-state index contributed by atoms with van der Waals surface area (Å²) in [5.74, 6) is -0.232. The lowest BCUT2D eigenvalue weighted by Gasteiger charge is -2.39. The molecule has 0 radical (unpaired) electrons. The summed E-state index contributed by atoms with van der Waals surface area (Å²) < 4.78 is 2.15. The lowest BCUT2D eigenvalue weighted by atomic mass is 9.77. The Labute approximate surface area is 259 Å². The quantitative estimate of drug-likeness (QED) is 0.203. The minimum atomic E-state index is -0.709. The molecule has 5 aromatic rings. The third kappa shape index (κ3) is 5.00. The van der Waals surface area contributed by atoms with Crippen LogP contribution in [0.4, 0.5) is 0 Å². The topological polar surface area (TPSA) is 58.4 Å². The molecular formula is C38H38N4O2. The third-order valence-electron chi connectivity index (χ3n) is 8.63. The van der Waals surface area contributed by atoms with Gasteiger partial charge in [-0.1, -0.05) is 130 Å². The van der Waals surface area contributed by atoms with Crippen LogP contribution in [-0.2, 0) is 16.8 Å². The number of amides is 2. The Kier molecular flexibility index (Phi) is 7.68. The summed E-state index contributed by atoms with van der Waals surface area (Å²) in [6.07, 6.45) is 3.80. The second-order valence-corrected chi connectivity index (χ2v) is 12.6. The molecule has 6 nitrogen and oxygen atoms in total. The van der Waals surface area contributed by atoms with Crippen LogP contribution in [0.25, 0.3) is 0 Å². The van der Waals surface area contributed by atoms with Crippen molar-refractivity contribution in [1.82, 2.24) is 19.4 Å². The van der Waals surface area contributed by atoms with E-state index in [1.54, 1.807) is 16.8 Å². The Hall–Kier alpha value is -4.97. The van der Waals surface area contributed by atoms with E-state index in [2.05, 4.69) is 98.1 Å². The summed E-state index contributed by atoms with van der Waals surface area (Å²) in [5.41, 5.74) is 3.51. The molecule has 2 heterocycles. The van der Waals surface area contributed by atoms with Gasteiger partial charge in [0.2, 0.25) is 5.91 Å². The standard InChI is InChI=1S/C38H38N4O2/c1-37(2,3)36-40(4)35(44)33(42(36)34(43)28-17-9-5-10-18-28)25-32-26-41(27-39-32)38(29-19-11-6-12-20-29,30-21-13-7-14-22-30)31-23-15-8-16-24-31/h5-24,26-27,33,36H,25H2,1-4H3/t33-,36-/m0/s1. The lowest BCUT2D eigenvalue weighted by molar-refractivity contribution is -0.129. The summed E-state index contributed by atoms with van der Waals surface area (Å²) >= 11 is 0. The first-order chi connectivity index (χ1) is 21.2. The molecule has 0 bridgehead atoms. The van der Waals surface area contributed by atoms with Crippen molar-refractivity contribution in [2.45, 2.75) is 44.9 Å². The summed E-state index contributed by atoms with van der Waals surface area (Å²) in [4.78, 5) is 36.3. The van der Waals surface area contributed by atoms with Crippen molar-refractivity contribution in [3.05, 3.63) is 162 Å². The number of hydrogen-bond donors (Lipinski definition) is 0. The zero-order chi connectivity index (χ0) is 30.9. The van der Waals surface area contributed by atoms with Gasteiger partial charge in [0.05, 0.1) is 12.0 Å². The van der Waals surface area contributed by atoms with Crippen LogP contribution in [0.2, 0.25) is 0 Å². The highest BCUT2D eigenvalue weighted by Crippen LogP contribution is 2.41. The molecular weight excluding hydrogens is 544 g/mol. The van der Waals surface area contributed by atoms with Crippen LogP contribution >= 0.6 is 0 Å². The maximum atomic E-state index is 14.0. The monoisotopic (exact) mass is 582 g/mol. The number of rotatable bonds is 7. The molecule has 0 unspecified atom stereocenters. The molecule has 0 saturated carbocycles. The van der Waals surface area contributed by atoms with Crippen LogP contribution in [0.3, 0.4) is 0 Å². The number of imidazole rings is 1. The van der Waals surface area contributed by atoms with E-state index >= 15 is 0 Å². The number of benzene rings is 4. The smallest absolute Gasteiger partial charge is 0.256 e. The van der Waals surface area contributed by atoms with E-state index in [1.807, 2.05) is 61.1 Å². The van der Waals surface area contributed by atoms with E-state index in [0.29, 0.717) is 12.0 Å². The number of carbonyl (C=O) groups excluding carboxylic acids is 2. The first-order valence-electron chi connectivity index (χ1n) is 15.1. The Morgan fingerprint density at radius 3 is 1.64 bits per heavy atom. The average molecular weight is 583 g/mol. The first kappa shape index (κ1) is 29.1. The highest BCUT2D eigenvalue weighted by molar-refractivity contribution is 6.00. The molecule has 1 aromatic heterocycles. The second kappa shape index (κ2) is 11.6. The van der Waals surface area contributed by atoms with Crippen molar-refractivity contribution in [3.8, 4) is 0 Å². The molecule has 1 saturated heterocycles. The van der Waals surface area contributed by atoms with Crippen LogP contribution in [0, 0.1) is 5.41 Å². The van der Waals surface area contributed by atoms with Crippen molar-refractivity contribution in [2.24, 2.45) is 5.41 Å². The van der Waals surface area contributed by atoms with Gasteiger partial charge in [0.1, 0.15) is 17.7 Å². The predicted molar refractivity (Wildman–Crippen MR) is 173 cm³/mol. The van der Waals surface area contributed by atoms with E-state index in [4.69, 9.17) is 4.98 Å². The minimum Gasteiger partial charge on any atom is -0.323 e. The molecule has 222 valence electrons. The normalized spacial score (nSPS) is 17.2. The van der Waals surface area contributed by atoms with Crippen LogP contribution in [0.1, 0.15) is 53.5 Å². The molecule has 2 amide bonds. The average Bonchev–Trinajstić information content (AvgIpc) is 3.62. The molecule has 0 spiro atoms. The van der Waals surface area contributed by atoms with E-state index in [9.17, 15) is 9.59 Å². The van der Waals surface area contributed by atoms with Gasteiger partial charge in [-0.2, -0.15) is 0 Å². The number of carbonyl (C=O) groups is 2. The summed E-state index contributed by atoms with van der Waals surface area (Å²) in [7, 11) is 1.80. The Bertz CT molecular complexity index is 1630. The molecule has 4 aromatic carbocycles. The molecule has 0 N–H and O–H groups in total. The number of aromatic nitrogens is 2. The van der Waals surface area contributed by atoms with Crippen LogP contribution < -0.4 is 0 Å². The molecule has 2 atom stereocenters. The fourth-order valence-electron chi connectivity index (χ4n) is 6.83. The van der Waals surface area contributed by atoms with Crippen molar-refractivity contribution in [2.75, 3.05) is 7.05 Å². The fourth-order valence-corrected chi connectivity index (χ4v) is 6.83. The van der Waals surface area contributed by atoms with Gasteiger partial charge in [-0.3, -0.25) is 9.59 Å². The van der Waals surface area contributed by atoms with Crippen molar-refractivity contribution in [3.63, 3.8) is 0 Å². The maximum absolute atomic E-state index is 14.0. The van der Waals surface area contributed by atoms with Crippen LogP contribution in [0.5, 0.6) is 0 Å². The maximum Gasteiger partial charge on any atom is 0.256 e. The van der Waals surface area contributed by atoms with E-state index < -0.39 is 17.7 Å². The summed E-state index contributed by atoms with van der Waals surface area (Å²) in [6.45, 7) is 6.20. The van der Waals surface area contributed by atoms with Gasteiger partial charge in [0.25, 0.3) is 5.91 Å². The van der Waals surface area contributed by atoms with Gasteiger partial charge in [0, 0.05) is 30.6 Å². The number of hydrogen-bond acceptors (Lipinski definition) is 3. The summed E-state index contributed by atoms with van der Waals surface area (Å²) in [6, 6.07) is 39.8. The van der Waals surface area contributed by atoms with Crippen LogP contribution in [0.15, 0.2) is 134 Å². The SMILES string of the molecule is CN1C(=O)[C@H](Cc2cn(C(c3ccccc3)(c3ccccc3)c3ccccc3)cn2)N(C(=O)c2ccccc2)[C@H]1C(C)(C)C. The zero-order valence-electron chi connectivity index (χ0n) is 25.7. The molecule has 6 rings (SSSR count). The van der Waals surface area contributed by atoms with E-state index in [0.717, 1.165) is 22.4 Å². The summed E-state index contributed by atoms with van der Waals surface area (Å²) in [5, 5.41) is 0. The minimum absolute atomic E-state index is 0.0794. The fraction of sp³-hybridized carbons (Fsp3) is 0.237. The Morgan fingerprint density at radius 2 is 1.18 bits per heavy atom. The zero-order valence-corrected chi connectivity index (χ0v) is 25.7. The van der Waals surface area contributed by atoms with Gasteiger partial charge in [-0.25, -0.2) is 4.98 Å². The van der Waals surface area contributed by atoms with Crippen LogP contribution in [-0.4, -0.2) is 50.4 Å². The molecule has 6 heteroatoms. The molecule has 1 aliphatic heterocycles. The van der Waals surface area contributed by atoms with Crippen molar-refractivity contribution in [1.29, 1.82) is 0 Å². The van der Waals surface area contributed by atoms with Gasteiger partial charge < -0.3 is 14.4 Å².